The Balaban J connectivity index is 2.82. The van der Waals surface area contributed by atoms with Gasteiger partial charge in [-0.3, -0.25) is 9.78 Å². The molecule has 2 aromatic rings. The Morgan fingerprint density at radius 1 is 1.35 bits per heavy atom. The second kappa shape index (κ2) is 4.66. The van der Waals surface area contributed by atoms with Gasteiger partial charge in [0.15, 0.2) is 0 Å². The Morgan fingerprint density at radius 2 is 2.06 bits per heavy atom. The summed E-state index contributed by atoms with van der Waals surface area (Å²) in [5.41, 5.74) is -0.0820. The Bertz CT molecular complexity index is 691. The minimum absolute atomic E-state index is 0.0851. The number of rotatable bonds is 1. The van der Waals surface area contributed by atoms with Gasteiger partial charge < -0.3 is 0 Å². The highest BCUT2D eigenvalue weighted by Crippen LogP contribution is 2.10. The number of hydrogen-bond donors (Lipinski definition) is 1. The maximum Gasteiger partial charge on any atom is 0.334 e. The summed E-state index contributed by atoms with van der Waals surface area (Å²) in [7, 11) is 0. The van der Waals surface area contributed by atoms with Crippen LogP contribution < -0.4 is 11.2 Å². The topological polar surface area (TPSA) is 54.9 Å². The molecule has 17 heavy (non-hydrogen) atoms. The van der Waals surface area contributed by atoms with Crippen LogP contribution in [0, 0.1) is 10.5 Å². The van der Waals surface area contributed by atoms with Crippen LogP contribution in [0.25, 0.3) is 5.69 Å². The Hall–Kier alpha value is -1.08. The number of nitrogens with one attached hydrogen (secondary N) is 1. The molecule has 0 unspecified atom stereocenters. The second-order valence-corrected chi connectivity index (χ2v) is 5.11. The molecule has 2 rings (SSSR count). The molecule has 0 aliphatic rings. The standard InChI is InChI=1S/C11H8ClIN2O2/c1-6-9(12)14-11(17)15(10(6)16)8-4-2-3-7(13)5-8/h2-5H,1H3,(H,14,17). The molecule has 1 aromatic carbocycles. The highest BCUT2D eigenvalue weighted by molar-refractivity contribution is 14.1. The van der Waals surface area contributed by atoms with Crippen LogP contribution in [-0.2, 0) is 0 Å². The molecule has 0 fully saturated rings. The van der Waals surface area contributed by atoms with E-state index in [-0.39, 0.29) is 5.15 Å². The van der Waals surface area contributed by atoms with E-state index in [2.05, 4.69) is 27.6 Å². The highest BCUT2D eigenvalue weighted by Gasteiger charge is 2.10. The molecule has 0 radical (unpaired) electrons. The predicted octanol–water partition coefficient (Wildman–Crippen LogP) is 2.09. The predicted molar refractivity (Wildman–Crippen MR) is 75.1 cm³/mol. The zero-order valence-electron chi connectivity index (χ0n) is 8.83. The zero-order valence-corrected chi connectivity index (χ0v) is 11.7. The van der Waals surface area contributed by atoms with Gasteiger partial charge in [0.25, 0.3) is 5.56 Å². The minimum atomic E-state index is -0.535. The van der Waals surface area contributed by atoms with Gasteiger partial charge in [0.05, 0.1) is 11.3 Å². The van der Waals surface area contributed by atoms with Gasteiger partial charge in [-0.2, -0.15) is 0 Å². The van der Waals surface area contributed by atoms with Crippen molar-refractivity contribution >= 4 is 34.2 Å². The first-order valence-corrected chi connectivity index (χ1v) is 6.24. The lowest BCUT2D eigenvalue weighted by atomic mass is 10.3. The first-order valence-electron chi connectivity index (χ1n) is 4.78. The molecule has 0 saturated carbocycles. The smallest absolute Gasteiger partial charge is 0.297 e. The number of H-pyrrole nitrogens is 1. The summed E-state index contributed by atoms with van der Waals surface area (Å²) >= 11 is 7.86. The van der Waals surface area contributed by atoms with E-state index in [1.807, 2.05) is 6.07 Å². The molecule has 1 heterocycles. The third kappa shape index (κ3) is 2.30. The molecule has 0 aliphatic heterocycles. The third-order valence-corrected chi connectivity index (χ3v) is 3.39. The normalized spacial score (nSPS) is 10.5. The molecule has 0 aliphatic carbocycles. The van der Waals surface area contributed by atoms with E-state index in [0.717, 1.165) is 8.14 Å². The van der Waals surface area contributed by atoms with Crippen molar-refractivity contribution in [1.82, 2.24) is 9.55 Å². The summed E-state index contributed by atoms with van der Waals surface area (Å²) in [4.78, 5) is 26.2. The van der Waals surface area contributed by atoms with Crippen LogP contribution in [0.3, 0.4) is 0 Å². The van der Waals surface area contributed by atoms with Crippen LogP contribution in [0.2, 0.25) is 5.15 Å². The van der Waals surface area contributed by atoms with Gasteiger partial charge in [-0.05, 0) is 47.7 Å². The van der Waals surface area contributed by atoms with Gasteiger partial charge in [0.1, 0.15) is 5.15 Å². The van der Waals surface area contributed by atoms with Gasteiger partial charge in [0.2, 0.25) is 0 Å². The summed E-state index contributed by atoms with van der Waals surface area (Å²) in [6.07, 6.45) is 0. The van der Waals surface area contributed by atoms with Gasteiger partial charge in [0, 0.05) is 3.57 Å². The fourth-order valence-corrected chi connectivity index (χ4v) is 2.14. The summed E-state index contributed by atoms with van der Waals surface area (Å²) < 4.78 is 2.02. The number of aromatic nitrogens is 2. The molecule has 6 heteroatoms. The molecule has 0 spiro atoms. The van der Waals surface area contributed by atoms with Gasteiger partial charge in [-0.1, -0.05) is 17.7 Å². The monoisotopic (exact) mass is 362 g/mol. The number of nitrogens with zero attached hydrogens (tertiary/aromatic N) is 1. The third-order valence-electron chi connectivity index (χ3n) is 2.34. The Morgan fingerprint density at radius 3 is 2.71 bits per heavy atom. The van der Waals surface area contributed by atoms with E-state index in [0.29, 0.717) is 11.3 Å². The first kappa shape index (κ1) is 12.4. The maximum absolute atomic E-state index is 12.0. The Labute approximate surface area is 115 Å². The Kier molecular flexibility index (Phi) is 3.39. The summed E-state index contributed by atoms with van der Waals surface area (Å²) in [5, 5.41) is 0.0851. The lowest BCUT2D eigenvalue weighted by molar-refractivity contribution is 0.859. The van der Waals surface area contributed by atoms with Crippen molar-refractivity contribution in [2.45, 2.75) is 6.92 Å². The summed E-state index contributed by atoms with van der Waals surface area (Å²) in [5.74, 6) is 0. The molecule has 0 bridgehead atoms. The molecule has 1 N–H and O–H groups in total. The second-order valence-electron chi connectivity index (χ2n) is 3.49. The molecular weight excluding hydrogens is 354 g/mol. The summed E-state index contributed by atoms with van der Waals surface area (Å²) in [6, 6.07) is 7.12. The van der Waals surface area contributed by atoms with Crippen LogP contribution in [0.15, 0.2) is 33.9 Å². The van der Waals surface area contributed by atoms with E-state index in [1.165, 1.54) is 0 Å². The van der Waals surface area contributed by atoms with Crippen molar-refractivity contribution in [3.05, 3.63) is 59.4 Å². The lowest BCUT2D eigenvalue weighted by Gasteiger charge is -2.06. The minimum Gasteiger partial charge on any atom is -0.297 e. The molecular formula is C11H8ClIN2O2. The number of benzene rings is 1. The maximum atomic E-state index is 12.0. The van der Waals surface area contributed by atoms with Gasteiger partial charge in [-0.25, -0.2) is 9.36 Å². The lowest BCUT2D eigenvalue weighted by Crippen LogP contribution is -2.35. The van der Waals surface area contributed by atoms with E-state index in [4.69, 9.17) is 11.6 Å². The van der Waals surface area contributed by atoms with Crippen molar-refractivity contribution in [2.75, 3.05) is 0 Å². The zero-order chi connectivity index (χ0) is 12.6. The molecule has 4 nitrogen and oxygen atoms in total. The molecule has 0 amide bonds. The van der Waals surface area contributed by atoms with Crippen molar-refractivity contribution < 1.29 is 0 Å². The van der Waals surface area contributed by atoms with Crippen LogP contribution in [-0.4, -0.2) is 9.55 Å². The number of hydrogen-bond acceptors (Lipinski definition) is 2. The SMILES string of the molecule is Cc1c(Cl)[nH]c(=O)n(-c2cccc(I)c2)c1=O. The fraction of sp³-hybridized carbons (Fsp3) is 0.0909. The van der Waals surface area contributed by atoms with Crippen LogP contribution in [0.1, 0.15) is 5.56 Å². The molecule has 0 saturated heterocycles. The average Bonchev–Trinajstić information content (AvgIpc) is 2.26. The quantitative estimate of drug-likeness (QED) is 0.624. The molecule has 88 valence electrons. The van der Waals surface area contributed by atoms with Crippen LogP contribution in [0.5, 0.6) is 0 Å². The summed E-state index contributed by atoms with van der Waals surface area (Å²) in [6.45, 7) is 1.57. The molecule has 1 aromatic heterocycles. The van der Waals surface area contributed by atoms with Crippen LogP contribution >= 0.6 is 34.2 Å². The van der Waals surface area contributed by atoms with E-state index in [1.54, 1.807) is 25.1 Å². The molecule has 0 atom stereocenters. The highest BCUT2D eigenvalue weighted by atomic mass is 127. The van der Waals surface area contributed by atoms with Crippen molar-refractivity contribution in [2.24, 2.45) is 0 Å². The van der Waals surface area contributed by atoms with Gasteiger partial charge in [-0.15, -0.1) is 0 Å². The van der Waals surface area contributed by atoms with Crippen molar-refractivity contribution in [1.29, 1.82) is 0 Å². The largest absolute Gasteiger partial charge is 0.334 e. The van der Waals surface area contributed by atoms with E-state index >= 15 is 0 Å². The van der Waals surface area contributed by atoms with E-state index in [9.17, 15) is 9.59 Å². The van der Waals surface area contributed by atoms with E-state index < -0.39 is 11.2 Å². The first-order chi connectivity index (χ1) is 8.00. The number of aromatic amines is 1. The van der Waals surface area contributed by atoms with Crippen molar-refractivity contribution in [3.8, 4) is 5.69 Å². The fourth-order valence-electron chi connectivity index (χ4n) is 1.45. The van der Waals surface area contributed by atoms with Gasteiger partial charge >= 0.3 is 5.69 Å². The van der Waals surface area contributed by atoms with Crippen LogP contribution in [0.4, 0.5) is 0 Å². The number of halogens is 2. The van der Waals surface area contributed by atoms with Crippen molar-refractivity contribution in [3.63, 3.8) is 0 Å². The average molecular weight is 363 g/mol.